The fourth-order valence-corrected chi connectivity index (χ4v) is 1.99. The van der Waals surface area contributed by atoms with Crippen molar-refractivity contribution in [2.24, 2.45) is 5.92 Å². The van der Waals surface area contributed by atoms with Crippen molar-refractivity contribution in [2.75, 3.05) is 13.1 Å². The summed E-state index contributed by atoms with van der Waals surface area (Å²) < 4.78 is 2.10. The summed E-state index contributed by atoms with van der Waals surface area (Å²) in [4.78, 5) is 0. The van der Waals surface area contributed by atoms with Crippen LogP contribution >= 0.6 is 0 Å². The summed E-state index contributed by atoms with van der Waals surface area (Å²) in [5, 5.41) is 11.8. The molecule has 0 spiro atoms. The van der Waals surface area contributed by atoms with Crippen LogP contribution in [0.25, 0.3) is 5.65 Å². The molecule has 1 saturated heterocycles. The molecule has 78 valence electrons. The van der Waals surface area contributed by atoms with E-state index in [2.05, 4.69) is 32.9 Å². The van der Waals surface area contributed by atoms with Crippen LogP contribution in [0.4, 0.5) is 0 Å². The number of pyridine rings is 1. The molecule has 0 unspecified atom stereocenters. The Bertz CT molecular complexity index is 484. The molecule has 2 aromatic heterocycles. The number of nitrogens with one attached hydrogen (secondary N) is 1. The van der Waals surface area contributed by atoms with Gasteiger partial charge in [0.15, 0.2) is 5.65 Å². The van der Waals surface area contributed by atoms with Gasteiger partial charge >= 0.3 is 0 Å². The Kier molecular flexibility index (Phi) is 1.95. The molecular weight excluding hydrogens is 188 g/mol. The Morgan fingerprint density at radius 3 is 3.07 bits per heavy atom. The van der Waals surface area contributed by atoms with Gasteiger partial charge < -0.3 is 5.32 Å². The van der Waals surface area contributed by atoms with Crippen molar-refractivity contribution >= 4 is 5.65 Å². The fraction of sp³-hybridized carbons (Fsp3) is 0.455. The van der Waals surface area contributed by atoms with Gasteiger partial charge in [-0.15, -0.1) is 10.2 Å². The molecule has 4 nitrogen and oxygen atoms in total. The summed E-state index contributed by atoms with van der Waals surface area (Å²) in [6.07, 6.45) is 3.07. The molecule has 1 aliphatic rings. The third kappa shape index (κ3) is 1.41. The predicted molar refractivity (Wildman–Crippen MR) is 57.8 cm³/mol. The molecule has 1 N–H and O–H groups in total. The van der Waals surface area contributed by atoms with Crippen LogP contribution in [0.1, 0.15) is 11.4 Å². The SMILES string of the molecule is Cc1cccn2c(CC3CNC3)nnc12. The molecule has 3 heterocycles. The highest BCUT2D eigenvalue weighted by Crippen LogP contribution is 2.14. The van der Waals surface area contributed by atoms with Crippen LogP contribution in [-0.4, -0.2) is 27.7 Å². The maximum atomic E-state index is 4.26. The molecule has 2 aromatic rings. The first-order valence-electron chi connectivity index (χ1n) is 5.34. The van der Waals surface area contributed by atoms with Crippen molar-refractivity contribution < 1.29 is 0 Å². The van der Waals surface area contributed by atoms with Crippen LogP contribution in [0.3, 0.4) is 0 Å². The van der Waals surface area contributed by atoms with E-state index < -0.39 is 0 Å². The highest BCUT2D eigenvalue weighted by atomic mass is 15.2. The third-order valence-corrected chi connectivity index (χ3v) is 3.04. The van der Waals surface area contributed by atoms with Gasteiger partial charge in [0, 0.05) is 12.6 Å². The second-order valence-electron chi connectivity index (χ2n) is 4.23. The lowest BCUT2D eigenvalue weighted by atomic mass is 9.99. The van der Waals surface area contributed by atoms with Crippen LogP contribution in [-0.2, 0) is 6.42 Å². The first-order valence-corrected chi connectivity index (χ1v) is 5.34. The molecule has 4 heteroatoms. The standard InChI is InChI=1S/C11H14N4/c1-8-3-2-4-15-10(13-14-11(8)15)5-9-6-12-7-9/h2-4,9,12H,5-7H2,1H3. The number of hydrogen-bond acceptors (Lipinski definition) is 3. The largest absolute Gasteiger partial charge is 0.316 e. The topological polar surface area (TPSA) is 42.2 Å². The molecule has 0 atom stereocenters. The van der Waals surface area contributed by atoms with Crippen molar-refractivity contribution in [1.29, 1.82) is 0 Å². The van der Waals surface area contributed by atoms with Crippen LogP contribution in [0.2, 0.25) is 0 Å². The smallest absolute Gasteiger partial charge is 0.163 e. The number of aromatic nitrogens is 3. The zero-order valence-electron chi connectivity index (χ0n) is 8.77. The van der Waals surface area contributed by atoms with E-state index in [0.717, 1.165) is 36.9 Å². The zero-order valence-corrected chi connectivity index (χ0v) is 8.77. The summed E-state index contributed by atoms with van der Waals surface area (Å²) in [6.45, 7) is 4.29. The maximum Gasteiger partial charge on any atom is 0.163 e. The molecule has 3 rings (SSSR count). The molecule has 0 aliphatic carbocycles. The van der Waals surface area contributed by atoms with E-state index >= 15 is 0 Å². The summed E-state index contributed by atoms with van der Waals surface area (Å²) >= 11 is 0. The summed E-state index contributed by atoms with van der Waals surface area (Å²) in [5.74, 6) is 1.82. The number of fused-ring (bicyclic) bond motifs is 1. The van der Waals surface area contributed by atoms with Gasteiger partial charge in [-0.1, -0.05) is 6.07 Å². The average Bonchev–Trinajstić information content (AvgIpc) is 2.56. The van der Waals surface area contributed by atoms with Gasteiger partial charge in [-0.25, -0.2) is 0 Å². The number of hydrogen-bond donors (Lipinski definition) is 1. The lowest BCUT2D eigenvalue weighted by Gasteiger charge is -2.26. The van der Waals surface area contributed by atoms with Gasteiger partial charge in [0.1, 0.15) is 5.82 Å². The monoisotopic (exact) mass is 202 g/mol. The van der Waals surface area contributed by atoms with Gasteiger partial charge in [-0.05, 0) is 37.6 Å². The molecule has 1 aliphatic heterocycles. The Labute approximate surface area is 88.3 Å². The van der Waals surface area contributed by atoms with Crippen molar-refractivity contribution in [3.05, 3.63) is 29.7 Å². The molecular formula is C11H14N4. The molecule has 0 saturated carbocycles. The Hall–Kier alpha value is -1.42. The minimum atomic E-state index is 0.734. The Morgan fingerprint density at radius 1 is 1.47 bits per heavy atom. The maximum absolute atomic E-state index is 4.26. The van der Waals surface area contributed by atoms with Crippen LogP contribution in [0, 0.1) is 12.8 Å². The van der Waals surface area contributed by atoms with Crippen molar-refractivity contribution in [1.82, 2.24) is 19.9 Å². The molecule has 0 aromatic carbocycles. The van der Waals surface area contributed by atoms with Crippen LogP contribution < -0.4 is 5.32 Å². The lowest BCUT2D eigenvalue weighted by molar-refractivity contribution is 0.340. The summed E-state index contributed by atoms with van der Waals surface area (Å²) in [7, 11) is 0. The van der Waals surface area contributed by atoms with E-state index in [1.165, 1.54) is 5.56 Å². The van der Waals surface area contributed by atoms with Crippen LogP contribution in [0.5, 0.6) is 0 Å². The third-order valence-electron chi connectivity index (χ3n) is 3.04. The van der Waals surface area contributed by atoms with E-state index in [9.17, 15) is 0 Å². The van der Waals surface area contributed by atoms with Gasteiger partial charge in [0.2, 0.25) is 0 Å². The molecule has 0 amide bonds. The minimum absolute atomic E-state index is 0.734. The number of nitrogens with zero attached hydrogens (tertiary/aromatic N) is 3. The second kappa shape index (κ2) is 3.31. The summed E-state index contributed by atoms with van der Waals surface area (Å²) in [6, 6.07) is 4.12. The van der Waals surface area contributed by atoms with E-state index in [1.54, 1.807) is 0 Å². The number of aryl methyl sites for hydroxylation is 1. The van der Waals surface area contributed by atoms with Crippen molar-refractivity contribution in [3.63, 3.8) is 0 Å². The van der Waals surface area contributed by atoms with E-state index in [1.807, 2.05) is 12.3 Å². The van der Waals surface area contributed by atoms with E-state index in [0.29, 0.717) is 0 Å². The molecule has 15 heavy (non-hydrogen) atoms. The van der Waals surface area contributed by atoms with Crippen molar-refractivity contribution in [2.45, 2.75) is 13.3 Å². The van der Waals surface area contributed by atoms with Gasteiger partial charge in [-0.3, -0.25) is 4.40 Å². The van der Waals surface area contributed by atoms with E-state index in [4.69, 9.17) is 0 Å². The van der Waals surface area contributed by atoms with Gasteiger partial charge in [-0.2, -0.15) is 0 Å². The molecule has 0 radical (unpaired) electrons. The lowest BCUT2D eigenvalue weighted by Crippen LogP contribution is -2.43. The van der Waals surface area contributed by atoms with Gasteiger partial charge in [0.25, 0.3) is 0 Å². The normalized spacial score (nSPS) is 16.9. The highest BCUT2D eigenvalue weighted by molar-refractivity contribution is 5.46. The Balaban J connectivity index is 2.00. The summed E-state index contributed by atoms with van der Waals surface area (Å²) in [5.41, 5.74) is 2.17. The fourth-order valence-electron chi connectivity index (χ4n) is 1.99. The zero-order chi connectivity index (χ0) is 10.3. The Morgan fingerprint density at radius 2 is 2.33 bits per heavy atom. The predicted octanol–water partition coefficient (Wildman–Crippen LogP) is 0.800. The van der Waals surface area contributed by atoms with Crippen LogP contribution in [0.15, 0.2) is 18.3 Å². The first-order chi connectivity index (χ1) is 7.34. The molecule has 0 bridgehead atoms. The van der Waals surface area contributed by atoms with E-state index in [-0.39, 0.29) is 0 Å². The minimum Gasteiger partial charge on any atom is -0.316 e. The van der Waals surface area contributed by atoms with Gasteiger partial charge in [0.05, 0.1) is 0 Å². The average molecular weight is 202 g/mol. The highest BCUT2D eigenvalue weighted by Gasteiger charge is 2.19. The first kappa shape index (κ1) is 8.85. The number of rotatable bonds is 2. The second-order valence-corrected chi connectivity index (χ2v) is 4.23. The van der Waals surface area contributed by atoms with Crippen molar-refractivity contribution in [3.8, 4) is 0 Å². The quantitative estimate of drug-likeness (QED) is 0.783. The molecule has 1 fully saturated rings.